The first-order valence-electron chi connectivity index (χ1n) is 5.56. The van der Waals surface area contributed by atoms with Gasteiger partial charge in [0.2, 0.25) is 0 Å². The summed E-state index contributed by atoms with van der Waals surface area (Å²) >= 11 is 0. The number of benzene rings is 2. The van der Waals surface area contributed by atoms with Crippen molar-refractivity contribution in [2.24, 2.45) is 0 Å². The molecule has 3 rings (SSSR count). The predicted molar refractivity (Wildman–Crippen MR) is 70.9 cm³/mol. The minimum absolute atomic E-state index is 0.154. The third-order valence-electron chi connectivity index (χ3n) is 2.85. The van der Waals surface area contributed by atoms with Crippen LogP contribution in [0.1, 0.15) is 0 Å². The van der Waals surface area contributed by atoms with Crippen molar-refractivity contribution in [1.29, 1.82) is 0 Å². The van der Waals surface area contributed by atoms with E-state index in [-0.39, 0.29) is 4.90 Å². The zero-order chi connectivity index (χ0) is 13.5. The molecule has 1 N–H and O–H groups in total. The van der Waals surface area contributed by atoms with Gasteiger partial charge in [0.15, 0.2) is 0 Å². The average Bonchev–Trinajstić information content (AvgIpc) is 2.81. The molecule has 0 amide bonds. The van der Waals surface area contributed by atoms with E-state index in [2.05, 4.69) is 4.98 Å². The Labute approximate surface area is 109 Å². The summed E-state index contributed by atoms with van der Waals surface area (Å²) in [6.07, 6.45) is 1.62. The Morgan fingerprint density at radius 3 is 2.47 bits per heavy atom. The van der Waals surface area contributed by atoms with Crippen molar-refractivity contribution in [3.8, 4) is 5.69 Å². The summed E-state index contributed by atoms with van der Waals surface area (Å²) in [7, 11) is -4.20. The van der Waals surface area contributed by atoms with Crippen molar-refractivity contribution in [2.75, 3.05) is 0 Å². The van der Waals surface area contributed by atoms with Gasteiger partial charge in [-0.05, 0) is 30.3 Å². The Hall–Kier alpha value is -2.18. The topological polar surface area (TPSA) is 72.2 Å². The maximum Gasteiger partial charge on any atom is 0.294 e. The number of rotatable bonds is 2. The molecule has 0 aliphatic heterocycles. The lowest BCUT2D eigenvalue weighted by Gasteiger charge is -2.03. The van der Waals surface area contributed by atoms with E-state index < -0.39 is 10.1 Å². The van der Waals surface area contributed by atoms with Crippen LogP contribution in [0.5, 0.6) is 0 Å². The van der Waals surface area contributed by atoms with Gasteiger partial charge in [0.05, 0.1) is 15.9 Å². The second kappa shape index (κ2) is 4.18. The van der Waals surface area contributed by atoms with Gasteiger partial charge in [-0.1, -0.05) is 18.2 Å². The van der Waals surface area contributed by atoms with Crippen LogP contribution < -0.4 is 0 Å². The molecular weight excluding hydrogens is 264 g/mol. The zero-order valence-electron chi connectivity index (χ0n) is 9.76. The lowest BCUT2D eigenvalue weighted by atomic mass is 10.3. The standard InChI is InChI=1S/C13H10N2O3S/c16-19(17,18)11-6-7-13-12(8-11)14-9-15(13)10-4-2-1-3-5-10/h1-9H,(H,16,17,18). The molecule has 0 fully saturated rings. The van der Waals surface area contributed by atoms with E-state index in [1.807, 2.05) is 34.9 Å². The molecule has 0 aliphatic carbocycles. The van der Waals surface area contributed by atoms with Gasteiger partial charge in [0, 0.05) is 5.69 Å². The lowest BCUT2D eigenvalue weighted by molar-refractivity contribution is 0.483. The van der Waals surface area contributed by atoms with Crippen molar-refractivity contribution in [2.45, 2.75) is 4.90 Å². The van der Waals surface area contributed by atoms with Gasteiger partial charge < -0.3 is 0 Å². The third-order valence-corrected chi connectivity index (χ3v) is 3.70. The summed E-state index contributed by atoms with van der Waals surface area (Å²) in [6, 6.07) is 13.9. The van der Waals surface area contributed by atoms with E-state index in [1.165, 1.54) is 12.1 Å². The maximum absolute atomic E-state index is 11.1. The normalized spacial score (nSPS) is 11.8. The van der Waals surface area contributed by atoms with Crippen LogP contribution in [-0.4, -0.2) is 22.5 Å². The van der Waals surface area contributed by atoms with Crippen LogP contribution >= 0.6 is 0 Å². The van der Waals surface area contributed by atoms with Crippen molar-refractivity contribution in [3.05, 3.63) is 54.9 Å². The number of nitrogens with zero attached hydrogens (tertiary/aromatic N) is 2. The van der Waals surface area contributed by atoms with E-state index in [4.69, 9.17) is 4.55 Å². The van der Waals surface area contributed by atoms with E-state index >= 15 is 0 Å². The molecule has 0 saturated heterocycles. The van der Waals surface area contributed by atoms with Crippen LogP contribution in [0.15, 0.2) is 59.8 Å². The van der Waals surface area contributed by atoms with Crippen LogP contribution in [0.25, 0.3) is 16.7 Å². The number of fused-ring (bicyclic) bond motifs is 1. The number of hydrogen-bond acceptors (Lipinski definition) is 3. The number of aromatic nitrogens is 2. The molecule has 6 heteroatoms. The number of imidazole rings is 1. The summed E-state index contributed by atoms with van der Waals surface area (Å²) in [5.74, 6) is 0. The monoisotopic (exact) mass is 274 g/mol. The summed E-state index contributed by atoms with van der Waals surface area (Å²) in [6.45, 7) is 0. The molecule has 0 atom stereocenters. The van der Waals surface area contributed by atoms with Crippen molar-refractivity contribution < 1.29 is 13.0 Å². The summed E-state index contributed by atoms with van der Waals surface area (Å²) < 4.78 is 33.0. The maximum atomic E-state index is 11.1. The molecule has 0 radical (unpaired) electrons. The summed E-state index contributed by atoms with van der Waals surface area (Å²) in [5, 5.41) is 0. The van der Waals surface area contributed by atoms with Crippen molar-refractivity contribution in [3.63, 3.8) is 0 Å². The first-order valence-corrected chi connectivity index (χ1v) is 7.00. The van der Waals surface area contributed by atoms with E-state index in [1.54, 1.807) is 12.4 Å². The van der Waals surface area contributed by atoms with Gasteiger partial charge in [-0.15, -0.1) is 0 Å². The highest BCUT2D eigenvalue weighted by molar-refractivity contribution is 7.85. The first-order chi connectivity index (χ1) is 9.05. The molecule has 0 bridgehead atoms. The number of hydrogen-bond donors (Lipinski definition) is 1. The molecule has 19 heavy (non-hydrogen) atoms. The molecule has 96 valence electrons. The molecule has 2 aromatic carbocycles. The first kappa shape index (κ1) is 11.9. The number of para-hydroxylation sites is 1. The molecule has 0 aliphatic rings. The molecule has 5 nitrogen and oxygen atoms in total. The Morgan fingerprint density at radius 1 is 1.05 bits per heavy atom. The highest BCUT2D eigenvalue weighted by Gasteiger charge is 2.12. The summed E-state index contributed by atoms with van der Waals surface area (Å²) in [5.41, 5.74) is 2.22. The quantitative estimate of drug-likeness (QED) is 0.728. The van der Waals surface area contributed by atoms with Gasteiger partial charge in [0.1, 0.15) is 6.33 Å². The smallest absolute Gasteiger partial charge is 0.294 e. The summed E-state index contributed by atoms with van der Waals surface area (Å²) in [4.78, 5) is 4.00. The lowest BCUT2D eigenvalue weighted by Crippen LogP contribution is -1.98. The Bertz CT molecular complexity index is 839. The second-order valence-corrected chi connectivity index (χ2v) is 5.50. The average molecular weight is 274 g/mol. The minimum atomic E-state index is -4.20. The Morgan fingerprint density at radius 2 is 1.79 bits per heavy atom. The highest BCUT2D eigenvalue weighted by Crippen LogP contribution is 2.21. The fourth-order valence-electron chi connectivity index (χ4n) is 1.95. The van der Waals surface area contributed by atoms with Gasteiger partial charge >= 0.3 is 0 Å². The van der Waals surface area contributed by atoms with Crippen LogP contribution in [0.2, 0.25) is 0 Å². The fourth-order valence-corrected chi connectivity index (χ4v) is 2.45. The minimum Gasteiger partial charge on any atom is -0.299 e. The van der Waals surface area contributed by atoms with E-state index in [0.29, 0.717) is 5.52 Å². The molecule has 1 aromatic heterocycles. The van der Waals surface area contributed by atoms with E-state index in [0.717, 1.165) is 11.2 Å². The molecule has 0 saturated carbocycles. The van der Waals surface area contributed by atoms with Crippen LogP contribution in [-0.2, 0) is 10.1 Å². The van der Waals surface area contributed by atoms with Crippen LogP contribution in [0.3, 0.4) is 0 Å². The van der Waals surface area contributed by atoms with E-state index in [9.17, 15) is 8.42 Å². The van der Waals surface area contributed by atoms with Gasteiger partial charge in [-0.25, -0.2) is 4.98 Å². The SMILES string of the molecule is O=S(=O)(O)c1ccc2c(c1)ncn2-c1ccccc1. The predicted octanol–water partition coefficient (Wildman–Crippen LogP) is 2.27. The molecular formula is C13H10N2O3S. The van der Waals surface area contributed by atoms with Gasteiger partial charge in [-0.3, -0.25) is 9.12 Å². The van der Waals surface area contributed by atoms with Crippen molar-refractivity contribution >= 4 is 21.2 Å². The molecule has 0 spiro atoms. The molecule has 3 aromatic rings. The van der Waals surface area contributed by atoms with Crippen LogP contribution in [0, 0.1) is 0 Å². The highest BCUT2D eigenvalue weighted by atomic mass is 32.2. The fraction of sp³-hybridized carbons (Fsp3) is 0. The van der Waals surface area contributed by atoms with Gasteiger partial charge in [-0.2, -0.15) is 8.42 Å². The van der Waals surface area contributed by atoms with Crippen LogP contribution in [0.4, 0.5) is 0 Å². The van der Waals surface area contributed by atoms with Gasteiger partial charge in [0.25, 0.3) is 10.1 Å². The molecule has 0 unspecified atom stereocenters. The Kier molecular flexibility index (Phi) is 2.62. The zero-order valence-corrected chi connectivity index (χ0v) is 10.6. The molecule has 1 heterocycles. The van der Waals surface area contributed by atoms with Crippen molar-refractivity contribution in [1.82, 2.24) is 9.55 Å². The Balaban J connectivity index is 2.21. The second-order valence-electron chi connectivity index (χ2n) is 4.08. The third kappa shape index (κ3) is 2.11. The largest absolute Gasteiger partial charge is 0.299 e.